The van der Waals surface area contributed by atoms with Gasteiger partial charge < -0.3 is 35.2 Å². The lowest BCUT2D eigenvalue weighted by Crippen LogP contribution is -2.38. The highest BCUT2D eigenvalue weighted by Gasteiger charge is 2.58. The molecule has 1 aliphatic heterocycles. The Bertz CT molecular complexity index is 1160. The van der Waals surface area contributed by atoms with Crippen molar-refractivity contribution in [3.05, 3.63) is 12.7 Å². The first-order valence-electron chi connectivity index (χ1n) is 7.95. The lowest BCUT2D eigenvalue weighted by atomic mass is 10.1. The van der Waals surface area contributed by atoms with E-state index in [-0.39, 0.29) is 17.0 Å². The van der Waals surface area contributed by atoms with Crippen LogP contribution >= 0.6 is 35.1 Å². The second-order valence-corrected chi connectivity index (χ2v) is 11.1. The molecule has 0 aliphatic carbocycles. The van der Waals surface area contributed by atoms with Gasteiger partial charge in [-0.2, -0.15) is 8.62 Å². The predicted molar refractivity (Wildman–Crippen MR) is 99.2 cm³/mol. The van der Waals surface area contributed by atoms with Gasteiger partial charge in [-0.1, -0.05) is 11.6 Å². The fourth-order valence-electron chi connectivity index (χ4n) is 2.62. The number of fused-ring (bicyclic) bond motifs is 1. The molecule has 2 aromatic heterocycles. The third kappa shape index (κ3) is 5.51. The minimum Gasteiger partial charge on any atom is -0.385 e. The highest BCUT2D eigenvalue weighted by Crippen LogP contribution is 2.66. The van der Waals surface area contributed by atoms with Crippen LogP contribution in [0.4, 0.5) is 10.2 Å². The topological polar surface area (TPSA) is 259 Å². The number of alkyl halides is 2. The highest BCUT2D eigenvalue weighted by molar-refractivity contribution is 7.66. The molecule has 0 bridgehead atoms. The molecule has 1 aliphatic rings. The van der Waals surface area contributed by atoms with Crippen molar-refractivity contribution in [3.63, 3.8) is 0 Å². The molecule has 1 saturated heterocycles. The number of aromatic nitrogens is 4. The Kier molecular flexibility index (Phi) is 6.86. The number of nitrogens with zero attached hydrogens (tertiary/aromatic N) is 4. The van der Waals surface area contributed by atoms with Crippen LogP contribution in [0.5, 0.6) is 0 Å². The van der Waals surface area contributed by atoms with Crippen molar-refractivity contribution in [2.75, 3.05) is 12.3 Å². The summed E-state index contributed by atoms with van der Waals surface area (Å²) in [5.41, 5.74) is 5.68. The summed E-state index contributed by atoms with van der Waals surface area (Å²) in [6.45, 7) is -1.14. The van der Waals surface area contributed by atoms with Crippen LogP contribution in [0.2, 0.25) is 0 Å². The van der Waals surface area contributed by atoms with E-state index in [0.717, 1.165) is 17.2 Å². The van der Waals surface area contributed by atoms with E-state index in [1.165, 1.54) is 0 Å². The number of hydrogen-bond donors (Lipinski definition) is 6. The molecular weight excluding hydrogens is 530 g/mol. The van der Waals surface area contributed by atoms with Gasteiger partial charge in [0.1, 0.15) is 24.1 Å². The van der Waals surface area contributed by atoms with Crippen molar-refractivity contribution in [2.45, 2.75) is 23.6 Å². The molecule has 0 radical (unpaired) electrons. The molecule has 6 unspecified atom stereocenters. The van der Waals surface area contributed by atoms with Crippen molar-refractivity contribution in [1.29, 1.82) is 0 Å². The molecule has 180 valence electrons. The molecule has 0 aromatic carbocycles. The minimum absolute atomic E-state index is 0.0223. The van der Waals surface area contributed by atoms with Crippen LogP contribution in [0.15, 0.2) is 12.7 Å². The molecule has 3 rings (SSSR count). The molecule has 0 spiro atoms. The third-order valence-corrected chi connectivity index (χ3v) is 8.05. The van der Waals surface area contributed by atoms with E-state index in [9.17, 15) is 23.7 Å². The fourth-order valence-corrected chi connectivity index (χ4v) is 5.95. The first-order chi connectivity index (χ1) is 14.5. The first kappa shape index (κ1) is 25.5. The summed E-state index contributed by atoms with van der Waals surface area (Å²) in [5, 5.41) is 7.10. The van der Waals surface area contributed by atoms with Crippen LogP contribution in [0.25, 0.3) is 11.2 Å². The standard InChI is InChI=1S/C10H14ClFN5O12P3/c11-10(12)6(18)4(1-26-31(22,23)29-32(24,25)28-30(19,20)21)27-9(10)17-3-16-5-7(13)14-2-15-8(5)17/h2-4,6,9,18H,1H2,(H,22,23)(H,24,25)(H2,13,14,15)(H2,19,20,21). The number of nitrogens with two attached hydrogens (primary N) is 1. The van der Waals surface area contributed by atoms with Crippen molar-refractivity contribution < 1.29 is 60.6 Å². The molecule has 1 fully saturated rings. The molecule has 0 saturated carbocycles. The molecule has 6 atom stereocenters. The molecule has 3 heterocycles. The van der Waals surface area contributed by atoms with E-state index in [2.05, 4.69) is 28.1 Å². The molecule has 0 amide bonds. The Morgan fingerprint density at radius 3 is 2.47 bits per heavy atom. The maximum Gasteiger partial charge on any atom is 0.490 e. The lowest BCUT2D eigenvalue weighted by molar-refractivity contribution is -0.0473. The summed E-state index contributed by atoms with van der Waals surface area (Å²) in [4.78, 5) is 47.0. The minimum atomic E-state index is -5.76. The number of aliphatic hydroxyl groups excluding tert-OH is 1. The van der Waals surface area contributed by atoms with Gasteiger partial charge in [-0.25, -0.2) is 33.0 Å². The van der Waals surface area contributed by atoms with Gasteiger partial charge >= 0.3 is 23.5 Å². The number of anilines is 1. The largest absolute Gasteiger partial charge is 0.490 e. The van der Waals surface area contributed by atoms with Crippen molar-refractivity contribution in [2.24, 2.45) is 0 Å². The number of halogens is 2. The Balaban J connectivity index is 1.74. The molecule has 32 heavy (non-hydrogen) atoms. The summed E-state index contributed by atoms with van der Waals surface area (Å²) in [6, 6.07) is 0. The zero-order valence-corrected chi connectivity index (χ0v) is 18.6. The van der Waals surface area contributed by atoms with E-state index in [4.69, 9.17) is 36.8 Å². The summed E-state index contributed by atoms with van der Waals surface area (Å²) >= 11 is 5.77. The predicted octanol–water partition coefficient (Wildman–Crippen LogP) is -0.0853. The number of imidazole rings is 1. The second-order valence-electron chi connectivity index (χ2n) is 6.12. The van der Waals surface area contributed by atoms with Crippen molar-refractivity contribution in [1.82, 2.24) is 19.5 Å². The average molecular weight is 544 g/mol. The van der Waals surface area contributed by atoms with Gasteiger partial charge in [-0.3, -0.25) is 9.09 Å². The fraction of sp³-hybridized carbons (Fsp3) is 0.500. The number of rotatable bonds is 8. The average Bonchev–Trinajstić information content (AvgIpc) is 3.11. The monoisotopic (exact) mass is 543 g/mol. The van der Waals surface area contributed by atoms with Crippen LogP contribution in [-0.4, -0.2) is 68.1 Å². The van der Waals surface area contributed by atoms with Gasteiger partial charge in [-0.05, 0) is 0 Å². The van der Waals surface area contributed by atoms with E-state index >= 15 is 4.39 Å². The van der Waals surface area contributed by atoms with Gasteiger partial charge in [0.15, 0.2) is 17.7 Å². The van der Waals surface area contributed by atoms with Gasteiger partial charge in [-0.15, -0.1) is 0 Å². The quantitative estimate of drug-likeness (QED) is 0.188. The zero-order valence-electron chi connectivity index (χ0n) is 15.2. The molecule has 17 nitrogen and oxygen atoms in total. The number of nitrogen functional groups attached to an aromatic ring is 1. The van der Waals surface area contributed by atoms with E-state index in [1.807, 2.05) is 0 Å². The number of phosphoric acid groups is 3. The van der Waals surface area contributed by atoms with Crippen LogP contribution in [0, 0.1) is 0 Å². The molecule has 22 heteroatoms. The van der Waals surface area contributed by atoms with Gasteiger partial charge in [0.25, 0.3) is 5.13 Å². The Morgan fingerprint density at radius 1 is 1.19 bits per heavy atom. The molecule has 7 N–H and O–H groups in total. The van der Waals surface area contributed by atoms with Gasteiger partial charge in [0, 0.05) is 0 Å². The summed E-state index contributed by atoms with van der Waals surface area (Å²) in [5.74, 6) is -0.0458. The number of aliphatic hydroxyl groups is 1. The number of phosphoric ester groups is 1. The Labute approximate surface area is 181 Å². The maximum atomic E-state index is 15.0. The van der Waals surface area contributed by atoms with Crippen molar-refractivity contribution >= 4 is 52.1 Å². The smallest absolute Gasteiger partial charge is 0.385 e. The SMILES string of the molecule is Nc1ncnc2c1ncn2C1OC(COP(=O)(O)OP(=O)(O)OP(=O)(O)O)C(O)C1(F)Cl. The number of hydrogen-bond acceptors (Lipinski definition) is 12. The van der Waals surface area contributed by atoms with Crippen LogP contribution in [0.3, 0.4) is 0 Å². The molecular formula is C10H14ClFN5O12P3. The second kappa shape index (κ2) is 8.60. The third-order valence-electron chi connectivity index (χ3n) is 3.84. The summed E-state index contributed by atoms with van der Waals surface area (Å²) < 4.78 is 66.4. The van der Waals surface area contributed by atoms with Crippen LogP contribution in [0.1, 0.15) is 6.23 Å². The molecule has 2 aromatic rings. The van der Waals surface area contributed by atoms with E-state index in [0.29, 0.717) is 0 Å². The highest BCUT2D eigenvalue weighted by atomic mass is 35.5. The zero-order chi connectivity index (χ0) is 24.1. The maximum absolute atomic E-state index is 15.0. The van der Waals surface area contributed by atoms with Crippen molar-refractivity contribution in [3.8, 4) is 0 Å². The van der Waals surface area contributed by atoms with Crippen LogP contribution in [-0.2, 0) is 31.6 Å². The van der Waals surface area contributed by atoms with Gasteiger partial charge in [0.2, 0.25) is 0 Å². The Morgan fingerprint density at radius 2 is 1.84 bits per heavy atom. The van der Waals surface area contributed by atoms with Crippen LogP contribution < -0.4 is 5.73 Å². The Hall–Kier alpha value is -1.10. The van der Waals surface area contributed by atoms with Gasteiger partial charge in [0.05, 0.1) is 12.9 Å². The number of ether oxygens (including phenoxy) is 1. The normalized spacial score (nSPS) is 30.3. The lowest BCUT2D eigenvalue weighted by Gasteiger charge is -2.22. The summed E-state index contributed by atoms with van der Waals surface area (Å²) in [7, 11) is -16.9. The van der Waals surface area contributed by atoms with E-state index in [1.54, 1.807) is 0 Å². The first-order valence-corrected chi connectivity index (χ1v) is 12.8. The van der Waals surface area contributed by atoms with E-state index < -0.39 is 53.6 Å². The summed E-state index contributed by atoms with van der Waals surface area (Å²) in [6.07, 6.45) is -3.65.